The minimum Gasteiger partial charge on any atom is -0.291 e. The summed E-state index contributed by atoms with van der Waals surface area (Å²) in [5, 5.41) is 8.26. The first-order valence-corrected chi connectivity index (χ1v) is 21.0. The SMILES string of the molecule is Cc1ccc(C(=O)NC(=C(Sc2ccc(Cl)cc2)Sc2ccc(Cl)cc2)[P+](c2ccccc2)(c2ccccc2)c2ccccc2)cc1.[O-][Cl+3]([O-])([O-])[O-]. The summed E-state index contributed by atoms with van der Waals surface area (Å²) in [6.45, 7) is 2.02. The fourth-order valence-electron chi connectivity index (χ4n) is 5.28. The van der Waals surface area contributed by atoms with E-state index in [-0.39, 0.29) is 5.91 Å². The Morgan fingerprint density at radius 2 is 0.904 bits per heavy atom. The van der Waals surface area contributed by atoms with E-state index in [9.17, 15) is 4.79 Å². The number of halogens is 3. The number of rotatable bonds is 10. The number of hydrogen-bond acceptors (Lipinski definition) is 7. The average Bonchev–Trinajstić information content (AvgIpc) is 3.14. The molecule has 52 heavy (non-hydrogen) atoms. The van der Waals surface area contributed by atoms with E-state index in [0.29, 0.717) is 15.6 Å². The van der Waals surface area contributed by atoms with E-state index in [1.54, 1.807) is 23.5 Å². The standard InChI is InChI=1S/C40H30Cl2NOPS2.ClHO4/c1-29-17-19-30(20-18-29)38(44)43-39(40(46-36-25-21-31(41)22-26-36)47-37-27-23-32(42)24-28-37)45(33-11-5-2-6-12-33,34-13-7-3-8-14-34)35-15-9-4-10-16-35;2-1(3,4)5/h2-28H,1H3;(H,2,3,4,5). The minimum absolute atomic E-state index is 0.168. The highest BCUT2D eigenvalue weighted by Gasteiger charge is 2.52. The van der Waals surface area contributed by atoms with Crippen LogP contribution in [0.15, 0.2) is 183 Å². The van der Waals surface area contributed by atoms with E-state index in [1.165, 1.54) is 0 Å². The van der Waals surface area contributed by atoms with Gasteiger partial charge in [0.05, 0.1) is 0 Å². The number of carbonyl (C=O) groups is 1. The van der Waals surface area contributed by atoms with Crippen molar-refractivity contribution in [2.45, 2.75) is 16.7 Å². The van der Waals surface area contributed by atoms with E-state index < -0.39 is 17.5 Å². The summed E-state index contributed by atoms with van der Waals surface area (Å²) in [5.41, 5.74) is 2.54. The monoisotopic (exact) mass is 805 g/mol. The molecule has 0 spiro atoms. The molecule has 0 aliphatic rings. The largest absolute Gasteiger partial charge is 0.291 e. The number of nitrogens with one attached hydrogen (secondary N) is 1. The zero-order valence-corrected chi connectivity index (χ0v) is 32.3. The highest BCUT2D eigenvalue weighted by atomic mass is 35.7. The predicted molar refractivity (Wildman–Crippen MR) is 205 cm³/mol. The highest BCUT2D eigenvalue weighted by Crippen LogP contribution is 2.65. The fourth-order valence-corrected chi connectivity index (χ4v) is 12.7. The first-order valence-electron chi connectivity index (χ1n) is 15.6. The van der Waals surface area contributed by atoms with Crippen molar-refractivity contribution in [2.75, 3.05) is 0 Å². The Morgan fingerprint density at radius 3 is 1.25 bits per heavy atom. The first-order chi connectivity index (χ1) is 24.9. The number of aryl methyl sites for hydroxylation is 1. The Morgan fingerprint density at radius 1 is 0.558 bits per heavy atom. The summed E-state index contributed by atoms with van der Waals surface area (Å²) in [6.07, 6.45) is 0. The third-order valence-electron chi connectivity index (χ3n) is 7.55. The molecule has 12 heteroatoms. The van der Waals surface area contributed by atoms with Crippen LogP contribution in [-0.2, 0) is 0 Å². The highest BCUT2D eigenvalue weighted by molar-refractivity contribution is 8.23. The average molecular weight is 807 g/mol. The summed E-state index contributed by atoms with van der Waals surface area (Å²) < 4.78 is 34.9. The van der Waals surface area contributed by atoms with Crippen LogP contribution in [0.3, 0.4) is 0 Å². The molecule has 6 aromatic rings. The van der Waals surface area contributed by atoms with Gasteiger partial charge in [0, 0.05) is 25.4 Å². The zero-order valence-electron chi connectivity index (χ0n) is 27.5. The van der Waals surface area contributed by atoms with Crippen LogP contribution in [-0.4, -0.2) is 5.91 Å². The van der Waals surface area contributed by atoms with Gasteiger partial charge in [-0.2, -0.15) is 0 Å². The molecular formula is C40H31Cl3NO5PS2. The molecule has 6 nitrogen and oxygen atoms in total. The molecule has 1 amide bonds. The molecule has 0 aliphatic carbocycles. The van der Waals surface area contributed by atoms with Gasteiger partial charge < -0.3 is 0 Å². The molecular weight excluding hydrogens is 776 g/mol. The molecule has 0 aliphatic heterocycles. The van der Waals surface area contributed by atoms with Gasteiger partial charge in [-0.05, 0) is 104 Å². The zero-order chi connectivity index (χ0) is 37.1. The van der Waals surface area contributed by atoms with Crippen molar-refractivity contribution >= 4 is 75.8 Å². The van der Waals surface area contributed by atoms with Crippen molar-refractivity contribution in [3.63, 3.8) is 0 Å². The summed E-state index contributed by atoms with van der Waals surface area (Å²) in [4.78, 5) is 16.4. The van der Waals surface area contributed by atoms with Gasteiger partial charge in [-0.1, -0.05) is 119 Å². The van der Waals surface area contributed by atoms with Gasteiger partial charge >= 0.3 is 0 Å². The minimum atomic E-state index is -4.94. The molecule has 0 bridgehead atoms. The van der Waals surface area contributed by atoms with E-state index in [1.807, 2.05) is 97.9 Å². The Hall–Kier alpha value is -3.63. The van der Waals surface area contributed by atoms with Crippen molar-refractivity contribution in [3.05, 3.63) is 195 Å². The van der Waals surface area contributed by atoms with Crippen molar-refractivity contribution < 1.29 is 33.7 Å². The molecule has 0 atom stereocenters. The molecule has 6 aromatic carbocycles. The Kier molecular flexibility index (Phi) is 14.0. The smallest absolute Gasteiger partial charge is 0.258 e. The molecule has 0 unspecified atom stereocenters. The van der Waals surface area contributed by atoms with Crippen LogP contribution in [0, 0.1) is 17.2 Å². The van der Waals surface area contributed by atoms with Crippen LogP contribution in [0.5, 0.6) is 0 Å². The van der Waals surface area contributed by atoms with Crippen LogP contribution in [0.2, 0.25) is 10.0 Å². The second kappa shape index (κ2) is 18.4. The lowest BCUT2D eigenvalue weighted by Gasteiger charge is -2.31. The maximum Gasteiger partial charge on any atom is 0.258 e. The molecule has 0 fully saturated rings. The van der Waals surface area contributed by atoms with Gasteiger partial charge in [0.25, 0.3) is 5.91 Å². The Balaban J connectivity index is 0.000000979. The molecule has 264 valence electrons. The van der Waals surface area contributed by atoms with E-state index in [0.717, 1.165) is 40.9 Å². The van der Waals surface area contributed by atoms with Crippen LogP contribution >= 0.6 is 54.0 Å². The molecule has 0 saturated heterocycles. The molecule has 0 heterocycles. The lowest BCUT2D eigenvalue weighted by atomic mass is 10.1. The van der Waals surface area contributed by atoms with E-state index >= 15 is 0 Å². The van der Waals surface area contributed by atoms with E-state index in [4.69, 9.17) is 41.8 Å². The number of amides is 1. The predicted octanol–water partition coefficient (Wildman–Crippen LogP) is 5.98. The fraction of sp³-hybridized carbons (Fsp3) is 0.0250. The number of hydrogen-bond donors (Lipinski definition) is 1. The maximum atomic E-state index is 14.4. The third-order valence-corrected chi connectivity index (χ3v) is 14.9. The molecule has 0 radical (unpaired) electrons. The van der Waals surface area contributed by atoms with Crippen LogP contribution in [0.1, 0.15) is 15.9 Å². The van der Waals surface area contributed by atoms with Gasteiger partial charge in [-0.25, -0.2) is 18.6 Å². The normalized spacial score (nSPS) is 11.2. The van der Waals surface area contributed by atoms with Crippen molar-refractivity contribution in [1.82, 2.24) is 5.32 Å². The van der Waals surface area contributed by atoms with Crippen molar-refractivity contribution in [3.8, 4) is 0 Å². The van der Waals surface area contributed by atoms with Crippen LogP contribution < -0.4 is 39.9 Å². The first kappa shape index (κ1) is 39.6. The Labute approximate surface area is 324 Å². The summed E-state index contributed by atoms with van der Waals surface area (Å²) in [5.74, 6) is -0.168. The van der Waals surface area contributed by atoms with Crippen molar-refractivity contribution in [2.24, 2.45) is 0 Å². The maximum absolute atomic E-state index is 14.4. The van der Waals surface area contributed by atoms with Gasteiger partial charge in [0.1, 0.15) is 20.2 Å². The van der Waals surface area contributed by atoms with Gasteiger partial charge in [-0.3, -0.25) is 10.1 Å². The number of benzene rings is 6. The quantitative estimate of drug-likeness (QED) is 0.134. The summed E-state index contributed by atoms with van der Waals surface area (Å²) in [6, 6.07) is 55.0. The van der Waals surface area contributed by atoms with Crippen molar-refractivity contribution in [1.29, 1.82) is 0 Å². The Bertz CT molecular complexity index is 1930. The van der Waals surface area contributed by atoms with Gasteiger partial charge in [-0.15, -0.1) is 10.2 Å². The van der Waals surface area contributed by atoms with Crippen LogP contribution in [0.4, 0.5) is 0 Å². The second-order valence-corrected chi connectivity index (χ2v) is 18.5. The third kappa shape index (κ3) is 10.7. The summed E-state index contributed by atoms with van der Waals surface area (Å²) >= 11 is 15.9. The number of carbonyl (C=O) groups excluding carboxylic acids is 1. The van der Waals surface area contributed by atoms with Gasteiger partial charge in [0.15, 0.2) is 12.7 Å². The molecule has 0 aromatic heterocycles. The van der Waals surface area contributed by atoms with E-state index in [2.05, 4.69) is 78.1 Å². The second-order valence-electron chi connectivity index (χ2n) is 11.1. The van der Waals surface area contributed by atoms with Gasteiger partial charge in [0.2, 0.25) is 0 Å². The lowest BCUT2D eigenvalue weighted by Crippen LogP contribution is -2.68. The molecule has 0 saturated carbocycles. The lowest BCUT2D eigenvalue weighted by molar-refractivity contribution is -2.00. The molecule has 6 rings (SSSR count). The number of thioether (sulfide) groups is 2. The topological polar surface area (TPSA) is 121 Å². The molecule has 1 N–H and O–H groups in total. The summed E-state index contributed by atoms with van der Waals surface area (Å²) in [7, 11) is -7.69. The van der Waals surface area contributed by atoms with Crippen LogP contribution in [0.25, 0.3) is 0 Å².